The van der Waals surface area contributed by atoms with Crippen LogP contribution in [0.4, 0.5) is 0 Å². The van der Waals surface area contributed by atoms with Crippen molar-refractivity contribution >= 4 is 5.97 Å². The van der Waals surface area contributed by atoms with E-state index in [2.05, 4.69) is 17.4 Å². The standard InChI is InChI=1S/C15H21NO3/c1-2-18-15(17)9-10-16-11-12-3-5-13(6-4-12)19-14-7-8-14/h3-6,14,16H,2,7-11H2,1H3. The molecule has 1 aliphatic carbocycles. The van der Waals surface area contributed by atoms with Gasteiger partial charge in [0.25, 0.3) is 0 Å². The average Bonchev–Trinajstić information content (AvgIpc) is 3.21. The second-order valence-corrected chi connectivity index (χ2v) is 4.69. The summed E-state index contributed by atoms with van der Waals surface area (Å²) < 4.78 is 10.5. The minimum Gasteiger partial charge on any atom is -0.490 e. The molecule has 0 saturated heterocycles. The molecule has 0 radical (unpaired) electrons. The molecule has 1 aliphatic rings. The van der Waals surface area contributed by atoms with Crippen molar-refractivity contribution in [3.63, 3.8) is 0 Å². The van der Waals surface area contributed by atoms with Crippen molar-refractivity contribution in [2.75, 3.05) is 13.2 Å². The normalized spacial score (nSPS) is 14.2. The molecule has 4 heteroatoms. The van der Waals surface area contributed by atoms with E-state index in [4.69, 9.17) is 9.47 Å². The van der Waals surface area contributed by atoms with Crippen LogP contribution in [0.3, 0.4) is 0 Å². The molecular formula is C15H21NO3. The summed E-state index contributed by atoms with van der Waals surface area (Å²) in [4.78, 5) is 11.1. The molecule has 2 rings (SSSR count). The summed E-state index contributed by atoms with van der Waals surface area (Å²) in [5.74, 6) is 0.793. The molecule has 1 aromatic carbocycles. The fourth-order valence-electron chi connectivity index (χ4n) is 1.72. The van der Waals surface area contributed by atoms with Crippen LogP contribution in [0.5, 0.6) is 5.75 Å². The van der Waals surface area contributed by atoms with Gasteiger partial charge in [-0.25, -0.2) is 0 Å². The number of nitrogens with one attached hydrogen (secondary N) is 1. The lowest BCUT2D eigenvalue weighted by atomic mass is 10.2. The van der Waals surface area contributed by atoms with Gasteiger partial charge >= 0.3 is 5.97 Å². The Labute approximate surface area is 114 Å². The maximum Gasteiger partial charge on any atom is 0.307 e. The first-order chi connectivity index (χ1) is 9.28. The van der Waals surface area contributed by atoms with Gasteiger partial charge in [-0.3, -0.25) is 4.79 Å². The number of hydrogen-bond acceptors (Lipinski definition) is 4. The zero-order valence-electron chi connectivity index (χ0n) is 11.4. The molecule has 0 aromatic heterocycles. The molecule has 0 heterocycles. The van der Waals surface area contributed by atoms with Crippen LogP contribution in [0.2, 0.25) is 0 Å². The maximum absolute atomic E-state index is 11.1. The van der Waals surface area contributed by atoms with Gasteiger partial charge in [0.05, 0.1) is 19.1 Å². The van der Waals surface area contributed by atoms with Crippen LogP contribution in [0.25, 0.3) is 0 Å². The van der Waals surface area contributed by atoms with Crippen LogP contribution in [-0.2, 0) is 16.1 Å². The second-order valence-electron chi connectivity index (χ2n) is 4.69. The van der Waals surface area contributed by atoms with Crippen molar-refractivity contribution in [1.29, 1.82) is 0 Å². The Balaban J connectivity index is 1.63. The van der Waals surface area contributed by atoms with E-state index in [1.807, 2.05) is 19.1 Å². The summed E-state index contributed by atoms with van der Waals surface area (Å²) in [6.45, 7) is 3.65. The SMILES string of the molecule is CCOC(=O)CCNCc1ccc(OC2CC2)cc1. The zero-order chi connectivity index (χ0) is 13.5. The van der Waals surface area contributed by atoms with E-state index in [1.165, 1.54) is 18.4 Å². The number of benzene rings is 1. The highest BCUT2D eigenvalue weighted by Crippen LogP contribution is 2.26. The Hall–Kier alpha value is -1.55. The number of ether oxygens (including phenoxy) is 2. The van der Waals surface area contributed by atoms with Gasteiger partial charge in [0, 0.05) is 13.1 Å². The van der Waals surface area contributed by atoms with Gasteiger partial charge in [-0.15, -0.1) is 0 Å². The van der Waals surface area contributed by atoms with Gasteiger partial charge in [0.1, 0.15) is 5.75 Å². The van der Waals surface area contributed by atoms with Crippen molar-refractivity contribution in [2.45, 2.75) is 38.8 Å². The van der Waals surface area contributed by atoms with E-state index in [-0.39, 0.29) is 5.97 Å². The summed E-state index contributed by atoms with van der Waals surface area (Å²) in [5, 5.41) is 3.22. The molecular weight excluding hydrogens is 242 g/mol. The van der Waals surface area contributed by atoms with E-state index in [9.17, 15) is 4.79 Å². The molecule has 4 nitrogen and oxygen atoms in total. The van der Waals surface area contributed by atoms with Gasteiger partial charge in [0.15, 0.2) is 0 Å². The predicted molar refractivity (Wildman–Crippen MR) is 73.0 cm³/mol. The summed E-state index contributed by atoms with van der Waals surface area (Å²) in [6, 6.07) is 8.10. The third-order valence-corrected chi connectivity index (χ3v) is 2.89. The van der Waals surface area contributed by atoms with Gasteiger partial charge in [-0.1, -0.05) is 12.1 Å². The van der Waals surface area contributed by atoms with E-state index < -0.39 is 0 Å². The van der Waals surface area contributed by atoms with Crippen molar-refractivity contribution in [2.24, 2.45) is 0 Å². The fraction of sp³-hybridized carbons (Fsp3) is 0.533. The zero-order valence-corrected chi connectivity index (χ0v) is 11.4. The minimum atomic E-state index is -0.150. The molecule has 19 heavy (non-hydrogen) atoms. The van der Waals surface area contributed by atoms with E-state index in [0.29, 0.717) is 25.7 Å². The quantitative estimate of drug-likeness (QED) is 0.577. The molecule has 0 bridgehead atoms. The Morgan fingerprint density at radius 2 is 2.05 bits per heavy atom. The Morgan fingerprint density at radius 3 is 2.68 bits per heavy atom. The highest BCUT2D eigenvalue weighted by Gasteiger charge is 2.23. The fourth-order valence-corrected chi connectivity index (χ4v) is 1.72. The number of hydrogen-bond donors (Lipinski definition) is 1. The van der Waals surface area contributed by atoms with Crippen molar-refractivity contribution in [3.05, 3.63) is 29.8 Å². The molecule has 0 aliphatic heterocycles. The number of carbonyl (C=O) groups excluding carboxylic acids is 1. The van der Waals surface area contributed by atoms with E-state index in [0.717, 1.165) is 12.3 Å². The highest BCUT2D eigenvalue weighted by molar-refractivity contribution is 5.69. The largest absolute Gasteiger partial charge is 0.490 e. The van der Waals surface area contributed by atoms with Crippen molar-refractivity contribution in [3.8, 4) is 5.75 Å². The molecule has 104 valence electrons. The monoisotopic (exact) mass is 263 g/mol. The van der Waals surface area contributed by atoms with Crippen LogP contribution in [-0.4, -0.2) is 25.2 Å². The lowest BCUT2D eigenvalue weighted by Crippen LogP contribution is -2.19. The lowest BCUT2D eigenvalue weighted by molar-refractivity contribution is -0.142. The molecule has 1 fully saturated rings. The average molecular weight is 263 g/mol. The van der Waals surface area contributed by atoms with Crippen LogP contribution in [0, 0.1) is 0 Å². The third-order valence-electron chi connectivity index (χ3n) is 2.89. The first-order valence-electron chi connectivity index (χ1n) is 6.90. The molecule has 0 atom stereocenters. The molecule has 1 N–H and O–H groups in total. The summed E-state index contributed by atoms with van der Waals surface area (Å²) in [7, 11) is 0. The Kier molecular flexibility index (Phi) is 5.21. The molecule has 0 amide bonds. The van der Waals surface area contributed by atoms with Gasteiger partial charge in [-0.05, 0) is 37.5 Å². The van der Waals surface area contributed by atoms with Crippen LogP contribution in [0.1, 0.15) is 31.7 Å². The van der Waals surface area contributed by atoms with Crippen LogP contribution >= 0.6 is 0 Å². The topological polar surface area (TPSA) is 47.6 Å². The second kappa shape index (κ2) is 7.14. The van der Waals surface area contributed by atoms with E-state index >= 15 is 0 Å². The predicted octanol–water partition coefficient (Wildman–Crippen LogP) is 2.27. The lowest BCUT2D eigenvalue weighted by Gasteiger charge is -2.07. The number of esters is 1. The number of rotatable bonds is 8. The molecule has 1 aromatic rings. The first-order valence-corrected chi connectivity index (χ1v) is 6.90. The minimum absolute atomic E-state index is 0.150. The van der Waals surface area contributed by atoms with Gasteiger partial charge in [-0.2, -0.15) is 0 Å². The van der Waals surface area contributed by atoms with Crippen LogP contribution in [0.15, 0.2) is 24.3 Å². The van der Waals surface area contributed by atoms with Crippen molar-refractivity contribution < 1.29 is 14.3 Å². The molecule has 0 spiro atoms. The Morgan fingerprint density at radius 1 is 1.32 bits per heavy atom. The summed E-state index contributed by atoms with van der Waals surface area (Å²) in [5.41, 5.74) is 1.19. The Bertz CT molecular complexity index is 398. The first kappa shape index (κ1) is 13.9. The van der Waals surface area contributed by atoms with Gasteiger partial charge in [0.2, 0.25) is 0 Å². The third kappa shape index (κ3) is 5.30. The smallest absolute Gasteiger partial charge is 0.307 e. The van der Waals surface area contributed by atoms with Crippen molar-refractivity contribution in [1.82, 2.24) is 5.32 Å². The summed E-state index contributed by atoms with van der Waals surface area (Å²) in [6.07, 6.45) is 3.21. The maximum atomic E-state index is 11.1. The van der Waals surface area contributed by atoms with Gasteiger partial charge < -0.3 is 14.8 Å². The molecule has 0 unspecified atom stereocenters. The van der Waals surface area contributed by atoms with Crippen LogP contribution < -0.4 is 10.1 Å². The summed E-state index contributed by atoms with van der Waals surface area (Å²) >= 11 is 0. The molecule has 1 saturated carbocycles. The number of carbonyl (C=O) groups is 1. The highest BCUT2D eigenvalue weighted by atomic mass is 16.5. The van der Waals surface area contributed by atoms with E-state index in [1.54, 1.807) is 0 Å².